The Kier molecular flexibility index (Phi) is 8.68. The Morgan fingerprint density at radius 1 is 1.08 bits per heavy atom. The van der Waals surface area contributed by atoms with E-state index in [1.54, 1.807) is 18.2 Å². The maximum absolute atomic E-state index is 12.1. The molecule has 0 saturated carbocycles. The number of benzene rings is 1. The van der Waals surface area contributed by atoms with Crippen LogP contribution in [0.1, 0.15) is 57.3 Å². The maximum Gasteiger partial charge on any atom is 0.269 e. The van der Waals surface area contributed by atoms with Gasteiger partial charge in [0, 0.05) is 12.0 Å². The van der Waals surface area contributed by atoms with Gasteiger partial charge in [0.15, 0.2) is 11.5 Å². The van der Waals surface area contributed by atoms with Gasteiger partial charge in [-0.25, -0.2) is 0 Å². The average Bonchev–Trinajstić information content (AvgIpc) is 2.53. The zero-order chi connectivity index (χ0) is 17.9. The molecule has 134 valence electrons. The molecule has 0 unspecified atom stereocenters. The molecule has 0 aliphatic carbocycles. The van der Waals surface area contributed by atoms with E-state index in [1.807, 2.05) is 20.8 Å². The van der Waals surface area contributed by atoms with E-state index in [1.165, 1.54) is 0 Å². The summed E-state index contributed by atoms with van der Waals surface area (Å²) < 4.78 is 11.2. The van der Waals surface area contributed by atoms with Crippen molar-refractivity contribution in [3.8, 4) is 11.5 Å². The van der Waals surface area contributed by atoms with Crippen LogP contribution in [-0.4, -0.2) is 25.0 Å². The third-order valence-corrected chi connectivity index (χ3v) is 3.17. The Bertz CT molecular complexity index is 544. The highest BCUT2D eigenvalue weighted by molar-refractivity contribution is 5.96. The zero-order valence-electron chi connectivity index (χ0n) is 15.0. The van der Waals surface area contributed by atoms with Crippen LogP contribution in [0, 0.1) is 5.92 Å². The molecule has 6 nitrogen and oxygen atoms in total. The normalized spacial score (nSPS) is 10.4. The van der Waals surface area contributed by atoms with Crippen LogP contribution < -0.4 is 20.3 Å². The molecule has 0 aliphatic heterocycles. The standard InChI is InChI=1S/C18H28N2O4/c1-5-7-10-24-15-9-8-14(12-16(15)23-6-2)18(22)20-19-17(21)11-13(3)4/h8-9,12-13H,5-7,10-11H2,1-4H3,(H,19,21)(H,20,22). The van der Waals surface area contributed by atoms with Gasteiger partial charge in [-0.3, -0.25) is 20.4 Å². The van der Waals surface area contributed by atoms with Crippen molar-refractivity contribution in [2.45, 2.75) is 47.0 Å². The molecular formula is C18H28N2O4. The van der Waals surface area contributed by atoms with Crippen LogP contribution in [0.4, 0.5) is 0 Å². The van der Waals surface area contributed by atoms with Crippen molar-refractivity contribution in [2.24, 2.45) is 5.92 Å². The molecule has 0 aromatic heterocycles. The third kappa shape index (κ3) is 6.89. The Morgan fingerprint density at radius 3 is 2.46 bits per heavy atom. The fourth-order valence-corrected chi connectivity index (χ4v) is 1.98. The van der Waals surface area contributed by atoms with Crippen molar-refractivity contribution in [1.29, 1.82) is 0 Å². The van der Waals surface area contributed by atoms with Crippen LogP contribution in [0.25, 0.3) is 0 Å². The zero-order valence-corrected chi connectivity index (χ0v) is 15.0. The number of carbonyl (C=O) groups is 2. The first kappa shape index (κ1) is 19.8. The van der Waals surface area contributed by atoms with Crippen LogP contribution in [0.3, 0.4) is 0 Å². The summed E-state index contributed by atoms with van der Waals surface area (Å²) in [5, 5.41) is 0. The predicted molar refractivity (Wildman–Crippen MR) is 93.1 cm³/mol. The molecule has 0 bridgehead atoms. The van der Waals surface area contributed by atoms with E-state index < -0.39 is 5.91 Å². The first-order valence-corrected chi connectivity index (χ1v) is 8.46. The molecule has 0 aliphatic rings. The lowest BCUT2D eigenvalue weighted by atomic mass is 10.1. The Morgan fingerprint density at radius 2 is 1.83 bits per heavy atom. The van der Waals surface area contributed by atoms with Gasteiger partial charge in [0.2, 0.25) is 5.91 Å². The molecule has 2 amide bonds. The lowest BCUT2D eigenvalue weighted by Crippen LogP contribution is -2.42. The van der Waals surface area contributed by atoms with Crippen molar-refractivity contribution in [2.75, 3.05) is 13.2 Å². The monoisotopic (exact) mass is 336 g/mol. The number of unbranched alkanes of at least 4 members (excludes halogenated alkanes) is 1. The maximum atomic E-state index is 12.1. The molecular weight excluding hydrogens is 308 g/mol. The number of amides is 2. The van der Waals surface area contributed by atoms with Gasteiger partial charge in [0.1, 0.15) is 0 Å². The van der Waals surface area contributed by atoms with Crippen LogP contribution in [0.2, 0.25) is 0 Å². The molecule has 0 fully saturated rings. The largest absolute Gasteiger partial charge is 0.490 e. The SMILES string of the molecule is CCCCOc1ccc(C(=O)NNC(=O)CC(C)C)cc1OCC. The van der Waals surface area contributed by atoms with E-state index in [9.17, 15) is 9.59 Å². The molecule has 0 spiro atoms. The number of hydrogen-bond acceptors (Lipinski definition) is 4. The van der Waals surface area contributed by atoms with Gasteiger partial charge in [-0.2, -0.15) is 0 Å². The molecule has 0 saturated heterocycles. The third-order valence-electron chi connectivity index (χ3n) is 3.17. The highest BCUT2D eigenvalue weighted by atomic mass is 16.5. The topological polar surface area (TPSA) is 76.7 Å². The number of nitrogens with one attached hydrogen (secondary N) is 2. The number of carbonyl (C=O) groups excluding carboxylic acids is 2. The van der Waals surface area contributed by atoms with Crippen LogP contribution in [0.15, 0.2) is 18.2 Å². The van der Waals surface area contributed by atoms with Gasteiger partial charge in [-0.1, -0.05) is 27.2 Å². The molecule has 1 aromatic rings. The van der Waals surface area contributed by atoms with Gasteiger partial charge >= 0.3 is 0 Å². The minimum Gasteiger partial charge on any atom is -0.490 e. The minimum absolute atomic E-state index is 0.220. The first-order valence-electron chi connectivity index (χ1n) is 8.46. The lowest BCUT2D eigenvalue weighted by Gasteiger charge is -2.13. The van der Waals surface area contributed by atoms with E-state index in [4.69, 9.17) is 9.47 Å². The van der Waals surface area contributed by atoms with E-state index >= 15 is 0 Å². The summed E-state index contributed by atoms with van der Waals surface area (Å²) >= 11 is 0. The Balaban J connectivity index is 2.71. The first-order chi connectivity index (χ1) is 11.5. The molecule has 1 aromatic carbocycles. The Hall–Kier alpha value is -2.24. The second-order valence-electron chi connectivity index (χ2n) is 5.90. The number of hydrogen-bond donors (Lipinski definition) is 2. The molecule has 1 rings (SSSR count). The van der Waals surface area contributed by atoms with Crippen molar-refractivity contribution in [3.63, 3.8) is 0 Å². The van der Waals surface area contributed by atoms with Crippen LogP contribution in [0.5, 0.6) is 11.5 Å². The summed E-state index contributed by atoms with van der Waals surface area (Å²) in [4.78, 5) is 23.7. The Labute approximate surface area is 143 Å². The van der Waals surface area contributed by atoms with Crippen LogP contribution in [-0.2, 0) is 4.79 Å². The molecule has 0 heterocycles. The highest BCUT2D eigenvalue weighted by Crippen LogP contribution is 2.28. The van der Waals surface area contributed by atoms with Crippen molar-refractivity contribution < 1.29 is 19.1 Å². The second-order valence-corrected chi connectivity index (χ2v) is 5.90. The van der Waals surface area contributed by atoms with Crippen molar-refractivity contribution in [3.05, 3.63) is 23.8 Å². The fourth-order valence-electron chi connectivity index (χ4n) is 1.98. The second kappa shape index (κ2) is 10.5. The predicted octanol–water partition coefficient (Wildman–Crippen LogP) is 3.07. The number of ether oxygens (including phenoxy) is 2. The molecule has 24 heavy (non-hydrogen) atoms. The van der Waals surface area contributed by atoms with E-state index in [0.717, 1.165) is 12.8 Å². The summed E-state index contributed by atoms with van der Waals surface area (Å²) in [6, 6.07) is 4.98. The van der Waals surface area contributed by atoms with E-state index in [0.29, 0.717) is 36.7 Å². The van der Waals surface area contributed by atoms with E-state index in [2.05, 4.69) is 17.8 Å². The summed E-state index contributed by atoms with van der Waals surface area (Å²) in [6.45, 7) is 8.91. The minimum atomic E-state index is -0.395. The van der Waals surface area contributed by atoms with E-state index in [-0.39, 0.29) is 11.8 Å². The molecule has 6 heteroatoms. The van der Waals surface area contributed by atoms with Gasteiger partial charge in [0.25, 0.3) is 5.91 Å². The lowest BCUT2D eigenvalue weighted by molar-refractivity contribution is -0.122. The van der Waals surface area contributed by atoms with Gasteiger partial charge in [0.05, 0.1) is 13.2 Å². The highest BCUT2D eigenvalue weighted by Gasteiger charge is 2.13. The summed E-state index contributed by atoms with van der Waals surface area (Å²) in [6.07, 6.45) is 2.35. The quantitative estimate of drug-likeness (QED) is 0.537. The molecule has 2 N–H and O–H groups in total. The summed E-state index contributed by atoms with van der Waals surface area (Å²) in [5.74, 6) is 0.752. The smallest absolute Gasteiger partial charge is 0.269 e. The number of rotatable bonds is 9. The number of hydrazine groups is 1. The van der Waals surface area contributed by atoms with Gasteiger partial charge < -0.3 is 9.47 Å². The van der Waals surface area contributed by atoms with Crippen molar-refractivity contribution >= 4 is 11.8 Å². The summed E-state index contributed by atoms with van der Waals surface area (Å²) in [5.41, 5.74) is 5.21. The fraction of sp³-hybridized carbons (Fsp3) is 0.556. The van der Waals surface area contributed by atoms with Crippen LogP contribution >= 0.6 is 0 Å². The van der Waals surface area contributed by atoms with Crippen molar-refractivity contribution in [1.82, 2.24) is 10.9 Å². The van der Waals surface area contributed by atoms with Gasteiger partial charge in [-0.15, -0.1) is 0 Å². The summed E-state index contributed by atoms with van der Waals surface area (Å²) in [7, 11) is 0. The average molecular weight is 336 g/mol. The molecule has 0 radical (unpaired) electrons. The molecule has 0 atom stereocenters. The van der Waals surface area contributed by atoms with Gasteiger partial charge in [-0.05, 0) is 37.5 Å².